The molecule has 2 aliphatic rings. The van der Waals surface area contributed by atoms with Crippen molar-refractivity contribution in [1.82, 2.24) is 10.6 Å². The molecule has 0 bridgehead atoms. The van der Waals surface area contributed by atoms with E-state index in [4.69, 9.17) is 42.6 Å². The van der Waals surface area contributed by atoms with E-state index in [9.17, 15) is 29.1 Å². The summed E-state index contributed by atoms with van der Waals surface area (Å²) in [5.74, 6) is -2.43. The molecular weight excluding hydrogens is 845 g/mol. The van der Waals surface area contributed by atoms with Crippen LogP contribution in [0.3, 0.4) is 0 Å². The Kier molecular flexibility index (Phi) is 18.7. The quantitative estimate of drug-likeness (QED) is 0.0563. The Labute approximate surface area is 379 Å². The number of esters is 3. The second kappa shape index (κ2) is 24.1. The standard InChI is InChI=1S/C48H62N2O15/c1-29(51)49-43-45(64-32(4)54)39(27-61-30(2)52)41(28-62-31(3)53)65-47(43)60-24-12-11-15-42(55)50-40-25-33(44(56)46(40)59-7)26-63-48(34-13-9-8-10-14-34,35-16-20-37(57-5)21-17-35)36-18-22-38(58-6)23-19-36/h8-10,13-14,16-23,33,39-41,43-47,56H,11-12,15,24-28H2,1-7H3,(H,49,51)(H,50,55)/t33-,39?,40-,41?,43?,44-,45?,46+,47?/m1/s1. The van der Waals surface area contributed by atoms with Crippen molar-refractivity contribution >= 4 is 29.7 Å². The van der Waals surface area contributed by atoms with Gasteiger partial charge in [0.2, 0.25) is 11.8 Å². The number of ether oxygens (including phenoxy) is 9. The van der Waals surface area contributed by atoms with Gasteiger partial charge in [-0.1, -0.05) is 54.6 Å². The van der Waals surface area contributed by atoms with Crippen LogP contribution >= 0.6 is 0 Å². The van der Waals surface area contributed by atoms with Gasteiger partial charge in [-0.25, -0.2) is 0 Å². The summed E-state index contributed by atoms with van der Waals surface area (Å²) >= 11 is 0. The van der Waals surface area contributed by atoms with Crippen LogP contribution in [0.4, 0.5) is 0 Å². The van der Waals surface area contributed by atoms with Crippen molar-refractivity contribution in [3.05, 3.63) is 95.6 Å². The highest BCUT2D eigenvalue weighted by molar-refractivity contribution is 5.76. The van der Waals surface area contributed by atoms with Gasteiger partial charge in [0.15, 0.2) is 6.29 Å². The summed E-state index contributed by atoms with van der Waals surface area (Å²) in [4.78, 5) is 61.5. The van der Waals surface area contributed by atoms with Crippen LogP contribution in [0, 0.1) is 11.8 Å². The van der Waals surface area contributed by atoms with Gasteiger partial charge in [-0.15, -0.1) is 0 Å². The van der Waals surface area contributed by atoms with E-state index in [0.29, 0.717) is 30.8 Å². The summed E-state index contributed by atoms with van der Waals surface area (Å²) in [6.45, 7) is 4.58. The van der Waals surface area contributed by atoms with Crippen molar-refractivity contribution in [2.24, 2.45) is 11.8 Å². The maximum atomic E-state index is 13.4. The highest BCUT2D eigenvalue weighted by atomic mass is 16.7. The number of hydrogen-bond acceptors (Lipinski definition) is 15. The summed E-state index contributed by atoms with van der Waals surface area (Å²) in [6.07, 6.45) is -3.56. The van der Waals surface area contributed by atoms with Crippen LogP contribution in [0.5, 0.6) is 11.5 Å². The molecule has 2 fully saturated rings. The first-order valence-corrected chi connectivity index (χ1v) is 21.7. The van der Waals surface area contributed by atoms with Crippen molar-refractivity contribution in [3.63, 3.8) is 0 Å². The first kappa shape index (κ1) is 50.4. The number of aliphatic hydroxyl groups is 1. The second-order valence-corrected chi connectivity index (χ2v) is 16.1. The molecule has 1 aliphatic heterocycles. The minimum absolute atomic E-state index is 0.0729. The number of nitrogens with one attached hydrogen (secondary N) is 2. The second-order valence-electron chi connectivity index (χ2n) is 16.1. The third-order valence-corrected chi connectivity index (χ3v) is 11.6. The predicted octanol–water partition coefficient (Wildman–Crippen LogP) is 3.98. The summed E-state index contributed by atoms with van der Waals surface area (Å²) in [6, 6.07) is 23.7. The van der Waals surface area contributed by atoms with Gasteiger partial charge in [-0.05, 0) is 60.2 Å². The van der Waals surface area contributed by atoms with Gasteiger partial charge in [-0.2, -0.15) is 0 Å². The lowest BCUT2D eigenvalue weighted by molar-refractivity contribution is -0.266. The average molecular weight is 907 g/mol. The number of methoxy groups -OCH3 is 3. The Morgan fingerprint density at radius 3 is 1.83 bits per heavy atom. The number of rotatable bonds is 22. The van der Waals surface area contributed by atoms with Crippen molar-refractivity contribution in [2.75, 3.05) is 47.8 Å². The molecule has 1 saturated carbocycles. The molecule has 1 saturated heterocycles. The van der Waals surface area contributed by atoms with Crippen LogP contribution in [0.2, 0.25) is 0 Å². The van der Waals surface area contributed by atoms with E-state index in [2.05, 4.69) is 10.6 Å². The summed E-state index contributed by atoms with van der Waals surface area (Å²) in [5, 5.41) is 17.4. The molecule has 5 rings (SSSR count). The van der Waals surface area contributed by atoms with Gasteiger partial charge < -0.3 is 58.4 Å². The Morgan fingerprint density at radius 2 is 1.29 bits per heavy atom. The fraction of sp³-hybridized carbons (Fsp3) is 0.521. The molecule has 3 aromatic rings. The molecular formula is C48H62N2O15. The minimum atomic E-state index is -1.16. The zero-order valence-electron chi connectivity index (χ0n) is 38.0. The van der Waals surface area contributed by atoms with Crippen LogP contribution in [0.1, 0.15) is 70.1 Å². The first-order valence-electron chi connectivity index (χ1n) is 21.7. The van der Waals surface area contributed by atoms with Gasteiger partial charge in [0.1, 0.15) is 54.7 Å². The van der Waals surface area contributed by atoms with E-state index in [0.717, 1.165) is 16.7 Å². The fourth-order valence-electron chi connectivity index (χ4n) is 8.54. The normalized spacial score (nSPS) is 24.0. The highest BCUT2D eigenvalue weighted by Crippen LogP contribution is 2.43. The van der Waals surface area contributed by atoms with Crippen molar-refractivity contribution < 1.29 is 71.7 Å². The molecule has 0 radical (unpaired) electrons. The number of aliphatic hydroxyl groups excluding tert-OH is 1. The lowest BCUT2D eigenvalue weighted by atomic mass is 9.79. The first-order chi connectivity index (χ1) is 31.2. The zero-order chi connectivity index (χ0) is 47.1. The van der Waals surface area contributed by atoms with Crippen molar-refractivity contribution in [1.29, 1.82) is 0 Å². The molecule has 3 N–H and O–H groups in total. The number of carbonyl (C=O) groups is 5. The molecule has 2 amide bonds. The molecule has 3 aromatic carbocycles. The molecule has 1 aliphatic carbocycles. The Balaban J connectivity index is 1.24. The Hall–Kier alpha value is -5.59. The molecule has 0 spiro atoms. The molecule has 9 atom stereocenters. The van der Waals surface area contributed by atoms with Crippen molar-refractivity contribution in [3.8, 4) is 11.5 Å². The number of carbonyl (C=O) groups excluding carboxylic acids is 5. The summed E-state index contributed by atoms with van der Waals surface area (Å²) in [7, 11) is 4.72. The molecule has 17 heteroatoms. The van der Waals surface area contributed by atoms with E-state index in [1.807, 2.05) is 78.9 Å². The molecule has 5 unspecified atom stereocenters. The maximum absolute atomic E-state index is 13.4. The number of benzene rings is 3. The Morgan fingerprint density at radius 1 is 0.708 bits per heavy atom. The van der Waals surface area contributed by atoms with E-state index >= 15 is 0 Å². The third kappa shape index (κ3) is 13.3. The zero-order valence-corrected chi connectivity index (χ0v) is 38.0. The lowest BCUT2D eigenvalue weighted by Crippen LogP contribution is -2.64. The van der Waals surface area contributed by atoms with E-state index in [-0.39, 0.29) is 38.8 Å². The van der Waals surface area contributed by atoms with Crippen LogP contribution in [-0.4, -0.2) is 125 Å². The largest absolute Gasteiger partial charge is 0.497 e. The third-order valence-electron chi connectivity index (χ3n) is 11.6. The monoisotopic (exact) mass is 906 g/mol. The average Bonchev–Trinajstić information content (AvgIpc) is 3.58. The number of unbranched alkanes of at least 4 members (excludes halogenated alkanes) is 1. The minimum Gasteiger partial charge on any atom is -0.497 e. The van der Waals surface area contributed by atoms with Crippen LogP contribution in [0.15, 0.2) is 78.9 Å². The summed E-state index contributed by atoms with van der Waals surface area (Å²) < 4.78 is 52.1. The maximum Gasteiger partial charge on any atom is 0.302 e. The highest BCUT2D eigenvalue weighted by Gasteiger charge is 2.50. The Bertz CT molecular complexity index is 1970. The van der Waals surface area contributed by atoms with Gasteiger partial charge in [0.25, 0.3) is 0 Å². The topological polar surface area (TPSA) is 213 Å². The summed E-state index contributed by atoms with van der Waals surface area (Å²) in [5.41, 5.74) is 1.45. The van der Waals surface area contributed by atoms with Gasteiger partial charge in [0, 0.05) is 53.8 Å². The number of amides is 2. The van der Waals surface area contributed by atoms with Gasteiger partial charge in [0.05, 0.1) is 38.9 Å². The van der Waals surface area contributed by atoms with Gasteiger partial charge >= 0.3 is 17.9 Å². The molecule has 17 nitrogen and oxygen atoms in total. The predicted molar refractivity (Wildman–Crippen MR) is 233 cm³/mol. The molecule has 354 valence electrons. The van der Waals surface area contributed by atoms with Crippen LogP contribution in [-0.2, 0) is 62.7 Å². The lowest BCUT2D eigenvalue weighted by Gasteiger charge is -2.45. The molecule has 0 aromatic heterocycles. The smallest absolute Gasteiger partial charge is 0.302 e. The fourth-order valence-corrected chi connectivity index (χ4v) is 8.54. The van der Waals surface area contributed by atoms with E-state index < -0.39 is 84.0 Å². The molecule has 1 heterocycles. The van der Waals surface area contributed by atoms with E-state index in [1.165, 1.54) is 34.8 Å². The molecule has 65 heavy (non-hydrogen) atoms. The van der Waals surface area contributed by atoms with Crippen LogP contribution < -0.4 is 20.1 Å². The number of hydrogen-bond donors (Lipinski definition) is 3. The van der Waals surface area contributed by atoms with Crippen LogP contribution in [0.25, 0.3) is 0 Å². The SMILES string of the molecule is COc1ccc(C(OC[C@H]2C[C@@H](NC(=O)CCCCOC3OC(COC(C)=O)C(COC(C)=O)C(OC(C)=O)C3NC(C)=O)[C@H](OC)[C@@H]2O)(c2ccccc2)c2ccc(OC)cc2)cc1. The van der Waals surface area contributed by atoms with Crippen molar-refractivity contribution in [2.45, 2.75) is 102 Å². The van der Waals surface area contributed by atoms with E-state index in [1.54, 1.807) is 14.2 Å². The van der Waals surface area contributed by atoms with Gasteiger partial charge in [-0.3, -0.25) is 24.0 Å².